The highest BCUT2D eigenvalue weighted by atomic mass is 35.5. The van der Waals surface area contributed by atoms with Crippen LogP contribution in [0, 0.1) is 0 Å². The quantitative estimate of drug-likeness (QED) is 0.774. The van der Waals surface area contributed by atoms with Crippen molar-refractivity contribution in [2.75, 3.05) is 12.3 Å². The van der Waals surface area contributed by atoms with Crippen LogP contribution in [0.3, 0.4) is 0 Å². The maximum atomic E-state index is 11.4. The summed E-state index contributed by atoms with van der Waals surface area (Å²) in [5.74, 6) is 0.117. The molecule has 1 aromatic heterocycles. The first kappa shape index (κ1) is 14.3. The van der Waals surface area contributed by atoms with E-state index in [4.69, 9.17) is 17.3 Å². The summed E-state index contributed by atoms with van der Waals surface area (Å²) in [6.07, 6.45) is 1.67. The summed E-state index contributed by atoms with van der Waals surface area (Å²) in [6, 6.07) is 3.54. The van der Waals surface area contributed by atoms with Crippen molar-refractivity contribution in [3.63, 3.8) is 0 Å². The fourth-order valence-corrected chi connectivity index (χ4v) is 2.59. The Hall–Kier alpha value is -0.780. The van der Waals surface area contributed by atoms with Gasteiger partial charge in [-0.15, -0.1) is 11.8 Å². The van der Waals surface area contributed by atoms with E-state index in [1.807, 2.05) is 6.92 Å². The lowest BCUT2D eigenvalue weighted by Crippen LogP contribution is -2.55. The van der Waals surface area contributed by atoms with Gasteiger partial charge in [0, 0.05) is 11.9 Å². The van der Waals surface area contributed by atoms with E-state index in [-0.39, 0.29) is 5.91 Å². The Bertz CT molecular complexity index is 402. The van der Waals surface area contributed by atoms with Gasteiger partial charge in [0.25, 0.3) is 0 Å². The first-order valence-corrected chi connectivity index (χ1v) is 6.64. The molecule has 0 fully saturated rings. The second kappa shape index (κ2) is 6.23. The van der Waals surface area contributed by atoms with E-state index < -0.39 is 5.54 Å². The van der Waals surface area contributed by atoms with E-state index in [0.29, 0.717) is 22.3 Å². The number of carbonyl (C=O) groups is 1. The lowest BCUT2D eigenvalue weighted by molar-refractivity contribution is -0.122. The number of pyridine rings is 1. The van der Waals surface area contributed by atoms with Crippen LogP contribution >= 0.6 is 23.4 Å². The van der Waals surface area contributed by atoms with Crippen LogP contribution in [0.2, 0.25) is 5.02 Å². The number of carbonyl (C=O) groups excluding carboxylic acids is 1. The maximum absolute atomic E-state index is 11.4. The van der Waals surface area contributed by atoms with E-state index in [2.05, 4.69) is 10.3 Å². The van der Waals surface area contributed by atoms with Crippen molar-refractivity contribution in [3.05, 3.63) is 23.4 Å². The topological polar surface area (TPSA) is 68.0 Å². The number of hydrogen-bond donors (Lipinski definition) is 2. The Labute approximate surface area is 110 Å². The molecule has 1 amide bonds. The van der Waals surface area contributed by atoms with Crippen LogP contribution in [-0.2, 0) is 4.79 Å². The molecule has 1 atom stereocenters. The van der Waals surface area contributed by atoms with Crippen LogP contribution in [-0.4, -0.2) is 28.7 Å². The average molecular weight is 274 g/mol. The maximum Gasteiger partial charge on any atom is 0.238 e. The van der Waals surface area contributed by atoms with Gasteiger partial charge in [0.15, 0.2) is 0 Å². The third kappa shape index (κ3) is 3.87. The molecular formula is C11H16ClN3OS. The van der Waals surface area contributed by atoms with Crippen LogP contribution in [0.4, 0.5) is 0 Å². The second-order valence-corrected chi connectivity index (χ2v) is 5.18. The normalized spacial score (nSPS) is 14.3. The highest BCUT2D eigenvalue weighted by Gasteiger charge is 2.30. The van der Waals surface area contributed by atoms with Crippen LogP contribution in [0.25, 0.3) is 0 Å². The SMILES string of the molecule is CCNC(C)(CSc1ncccc1Cl)C(N)=O. The molecule has 1 unspecified atom stereocenters. The molecule has 17 heavy (non-hydrogen) atoms. The molecule has 4 nitrogen and oxygen atoms in total. The minimum absolute atomic E-state index is 0.376. The molecule has 0 aliphatic carbocycles. The number of nitrogens with zero attached hydrogens (tertiary/aromatic N) is 1. The Kier molecular flexibility index (Phi) is 5.24. The number of rotatable bonds is 6. The average Bonchev–Trinajstić information content (AvgIpc) is 2.28. The summed E-state index contributed by atoms with van der Waals surface area (Å²) < 4.78 is 0. The molecule has 0 aliphatic rings. The Morgan fingerprint density at radius 2 is 2.41 bits per heavy atom. The van der Waals surface area contributed by atoms with Gasteiger partial charge < -0.3 is 11.1 Å². The van der Waals surface area contributed by atoms with Crippen LogP contribution in [0.5, 0.6) is 0 Å². The molecule has 0 saturated carbocycles. The van der Waals surface area contributed by atoms with Gasteiger partial charge in [0.05, 0.1) is 5.02 Å². The smallest absolute Gasteiger partial charge is 0.238 e. The van der Waals surface area contributed by atoms with Crippen molar-refractivity contribution in [1.29, 1.82) is 0 Å². The van der Waals surface area contributed by atoms with E-state index in [0.717, 1.165) is 0 Å². The van der Waals surface area contributed by atoms with Gasteiger partial charge in [-0.2, -0.15) is 0 Å². The number of amides is 1. The van der Waals surface area contributed by atoms with Crippen molar-refractivity contribution < 1.29 is 4.79 Å². The number of likely N-dealkylation sites (N-methyl/N-ethyl adjacent to an activating group) is 1. The molecule has 1 heterocycles. The van der Waals surface area contributed by atoms with Gasteiger partial charge in [0.2, 0.25) is 5.91 Å². The molecule has 0 saturated heterocycles. The minimum Gasteiger partial charge on any atom is -0.368 e. The summed E-state index contributed by atoms with van der Waals surface area (Å²) in [6.45, 7) is 4.39. The summed E-state index contributed by atoms with van der Waals surface area (Å²) in [7, 11) is 0. The van der Waals surface area contributed by atoms with Crippen LogP contribution in [0.1, 0.15) is 13.8 Å². The lowest BCUT2D eigenvalue weighted by Gasteiger charge is -2.26. The zero-order valence-electron chi connectivity index (χ0n) is 9.87. The summed E-state index contributed by atoms with van der Waals surface area (Å²) >= 11 is 7.41. The van der Waals surface area contributed by atoms with Gasteiger partial charge in [0.1, 0.15) is 10.6 Å². The molecule has 94 valence electrons. The van der Waals surface area contributed by atoms with E-state index >= 15 is 0 Å². The van der Waals surface area contributed by atoms with Gasteiger partial charge in [-0.1, -0.05) is 18.5 Å². The van der Waals surface area contributed by atoms with Crippen LogP contribution in [0.15, 0.2) is 23.4 Å². The summed E-state index contributed by atoms with van der Waals surface area (Å²) in [5.41, 5.74) is 4.64. The number of nitrogens with one attached hydrogen (secondary N) is 1. The minimum atomic E-state index is -0.750. The summed E-state index contributed by atoms with van der Waals surface area (Å²) in [4.78, 5) is 15.6. The molecule has 6 heteroatoms. The molecule has 3 N–H and O–H groups in total. The first-order valence-electron chi connectivity index (χ1n) is 5.28. The van der Waals surface area contributed by atoms with Crippen LogP contribution < -0.4 is 11.1 Å². The Morgan fingerprint density at radius 1 is 1.71 bits per heavy atom. The lowest BCUT2D eigenvalue weighted by atomic mass is 10.1. The van der Waals surface area contributed by atoms with Crippen molar-refractivity contribution in [1.82, 2.24) is 10.3 Å². The molecule has 0 radical (unpaired) electrons. The molecule has 1 aromatic rings. The van der Waals surface area contributed by atoms with Crippen molar-refractivity contribution in [2.45, 2.75) is 24.4 Å². The van der Waals surface area contributed by atoms with Gasteiger partial charge in [-0.3, -0.25) is 4.79 Å². The zero-order chi connectivity index (χ0) is 12.9. The van der Waals surface area contributed by atoms with E-state index in [9.17, 15) is 4.79 Å². The van der Waals surface area contributed by atoms with E-state index in [1.165, 1.54) is 11.8 Å². The highest BCUT2D eigenvalue weighted by Crippen LogP contribution is 2.26. The predicted octanol–water partition coefficient (Wildman–Crippen LogP) is 1.68. The van der Waals surface area contributed by atoms with Gasteiger partial charge in [-0.05, 0) is 25.6 Å². The van der Waals surface area contributed by atoms with E-state index in [1.54, 1.807) is 25.3 Å². The number of halogens is 1. The number of nitrogens with two attached hydrogens (primary N) is 1. The number of aromatic nitrogens is 1. The second-order valence-electron chi connectivity index (χ2n) is 3.81. The molecule has 0 aromatic carbocycles. The molecule has 1 rings (SSSR count). The predicted molar refractivity (Wildman–Crippen MR) is 71.2 cm³/mol. The van der Waals surface area contributed by atoms with Crippen molar-refractivity contribution in [3.8, 4) is 0 Å². The van der Waals surface area contributed by atoms with Crippen molar-refractivity contribution in [2.24, 2.45) is 5.73 Å². The summed E-state index contributed by atoms with van der Waals surface area (Å²) in [5, 5.41) is 4.37. The molecule has 0 bridgehead atoms. The third-order valence-corrected chi connectivity index (χ3v) is 4.07. The standard InChI is InChI=1S/C11H16ClN3OS/c1-3-15-11(2,10(13)16)7-17-9-8(12)5-4-6-14-9/h4-6,15H,3,7H2,1-2H3,(H2,13,16). The zero-order valence-corrected chi connectivity index (χ0v) is 11.4. The monoisotopic (exact) mass is 273 g/mol. The largest absolute Gasteiger partial charge is 0.368 e. The highest BCUT2D eigenvalue weighted by molar-refractivity contribution is 7.99. The number of primary amides is 1. The third-order valence-electron chi connectivity index (χ3n) is 2.33. The molecule has 0 spiro atoms. The number of thioether (sulfide) groups is 1. The fourth-order valence-electron chi connectivity index (χ4n) is 1.29. The van der Waals surface area contributed by atoms with Gasteiger partial charge in [-0.25, -0.2) is 4.98 Å². The van der Waals surface area contributed by atoms with Gasteiger partial charge >= 0.3 is 0 Å². The van der Waals surface area contributed by atoms with Crippen molar-refractivity contribution >= 4 is 29.3 Å². The number of hydrogen-bond acceptors (Lipinski definition) is 4. The Morgan fingerprint density at radius 3 is 2.94 bits per heavy atom. The Balaban J connectivity index is 2.71. The molecule has 0 aliphatic heterocycles. The fraction of sp³-hybridized carbons (Fsp3) is 0.455. The first-order chi connectivity index (χ1) is 7.99. The molecular weight excluding hydrogens is 258 g/mol.